The lowest BCUT2D eigenvalue weighted by molar-refractivity contribution is 0.831. The monoisotopic (exact) mass is 199 g/mol. The molecule has 2 heterocycles. The first-order valence-electron chi connectivity index (χ1n) is 5.29. The molecule has 1 aliphatic heterocycles. The van der Waals surface area contributed by atoms with Gasteiger partial charge in [-0.15, -0.1) is 0 Å². The summed E-state index contributed by atoms with van der Waals surface area (Å²) in [5.41, 5.74) is 3.65. The Labute approximate surface area is 88.8 Å². The van der Waals surface area contributed by atoms with Crippen molar-refractivity contribution in [2.24, 2.45) is 0 Å². The number of aryl methyl sites for hydroxylation is 1. The number of nitrogens with one attached hydrogen (secondary N) is 1. The minimum Gasteiger partial charge on any atom is -0.378 e. The van der Waals surface area contributed by atoms with Gasteiger partial charge >= 0.3 is 0 Å². The average molecular weight is 199 g/mol. The van der Waals surface area contributed by atoms with Crippen molar-refractivity contribution in [3.63, 3.8) is 0 Å². The zero-order valence-corrected chi connectivity index (χ0v) is 8.70. The summed E-state index contributed by atoms with van der Waals surface area (Å²) in [7, 11) is 0. The highest BCUT2D eigenvalue weighted by Crippen LogP contribution is 2.28. The van der Waals surface area contributed by atoms with E-state index in [1.165, 1.54) is 17.1 Å². The van der Waals surface area contributed by atoms with Crippen LogP contribution in [0.2, 0.25) is 0 Å². The van der Waals surface area contributed by atoms with Gasteiger partial charge in [-0.25, -0.2) is 4.98 Å². The number of para-hydroxylation sites is 2. The summed E-state index contributed by atoms with van der Waals surface area (Å²) in [6, 6.07) is 8.36. The first kappa shape index (κ1) is 8.53. The molecule has 3 heteroatoms. The van der Waals surface area contributed by atoms with Crippen LogP contribution in [0.3, 0.4) is 0 Å². The van der Waals surface area contributed by atoms with Gasteiger partial charge < -0.3 is 5.32 Å². The molecular weight excluding hydrogens is 186 g/mol. The van der Waals surface area contributed by atoms with Gasteiger partial charge in [0.15, 0.2) is 0 Å². The largest absolute Gasteiger partial charge is 0.378 e. The summed E-state index contributed by atoms with van der Waals surface area (Å²) >= 11 is 0. The third-order valence-corrected chi connectivity index (χ3v) is 2.83. The molecule has 76 valence electrons. The van der Waals surface area contributed by atoms with E-state index in [0.717, 1.165) is 18.8 Å². The number of imidazole rings is 1. The van der Waals surface area contributed by atoms with Crippen molar-refractivity contribution in [1.29, 1.82) is 0 Å². The minimum absolute atomic E-state index is 0.865. The Kier molecular flexibility index (Phi) is 1.78. The van der Waals surface area contributed by atoms with E-state index >= 15 is 0 Å². The molecule has 0 aliphatic carbocycles. The van der Waals surface area contributed by atoms with Gasteiger partial charge in [0, 0.05) is 6.42 Å². The minimum atomic E-state index is 0.865. The highest BCUT2D eigenvalue weighted by atomic mass is 15.1. The molecule has 0 saturated carbocycles. The number of hydrogen-bond acceptors (Lipinski definition) is 2. The van der Waals surface area contributed by atoms with E-state index in [0.29, 0.717) is 0 Å². The summed E-state index contributed by atoms with van der Waals surface area (Å²) in [4.78, 5) is 4.44. The van der Waals surface area contributed by atoms with Gasteiger partial charge in [0.1, 0.15) is 5.82 Å². The lowest BCUT2D eigenvalue weighted by Gasteiger charge is -2.21. The fraction of sp³-hybridized carbons (Fsp3) is 0.250. The zero-order valence-electron chi connectivity index (χ0n) is 8.70. The molecule has 0 saturated heterocycles. The molecule has 15 heavy (non-hydrogen) atoms. The van der Waals surface area contributed by atoms with Crippen molar-refractivity contribution in [1.82, 2.24) is 9.55 Å². The van der Waals surface area contributed by atoms with Gasteiger partial charge in [-0.2, -0.15) is 0 Å². The predicted octanol–water partition coefficient (Wildman–Crippen LogP) is 2.36. The molecule has 0 atom stereocenters. The molecule has 3 rings (SSSR count). The van der Waals surface area contributed by atoms with E-state index in [-0.39, 0.29) is 0 Å². The van der Waals surface area contributed by atoms with Crippen molar-refractivity contribution < 1.29 is 0 Å². The average Bonchev–Trinajstić information content (AvgIpc) is 2.72. The SMILES string of the molecule is CCc1ncc2n1-c1ccccc1NC2. The molecule has 1 N–H and O–H groups in total. The van der Waals surface area contributed by atoms with Crippen LogP contribution in [0, 0.1) is 0 Å². The lowest BCUT2D eigenvalue weighted by atomic mass is 10.2. The van der Waals surface area contributed by atoms with Crippen LogP contribution in [0.25, 0.3) is 5.69 Å². The van der Waals surface area contributed by atoms with Crippen molar-refractivity contribution in [3.05, 3.63) is 42.0 Å². The number of nitrogens with zero attached hydrogens (tertiary/aromatic N) is 2. The molecule has 0 radical (unpaired) electrons. The maximum absolute atomic E-state index is 4.44. The molecule has 0 unspecified atom stereocenters. The maximum atomic E-state index is 4.44. The molecule has 1 aromatic carbocycles. The van der Waals surface area contributed by atoms with Crippen LogP contribution >= 0.6 is 0 Å². The van der Waals surface area contributed by atoms with Crippen LogP contribution in [0.1, 0.15) is 18.4 Å². The maximum Gasteiger partial charge on any atom is 0.113 e. The van der Waals surface area contributed by atoms with E-state index in [2.05, 4.69) is 46.1 Å². The van der Waals surface area contributed by atoms with Crippen molar-refractivity contribution in [2.75, 3.05) is 5.32 Å². The van der Waals surface area contributed by atoms with Crippen molar-refractivity contribution in [2.45, 2.75) is 19.9 Å². The number of aromatic nitrogens is 2. The molecule has 1 aromatic heterocycles. The molecule has 0 fully saturated rings. The second-order valence-corrected chi connectivity index (χ2v) is 3.73. The third-order valence-electron chi connectivity index (χ3n) is 2.83. The van der Waals surface area contributed by atoms with Crippen molar-refractivity contribution >= 4 is 5.69 Å². The first-order chi connectivity index (χ1) is 7.40. The topological polar surface area (TPSA) is 29.9 Å². The molecule has 0 spiro atoms. The van der Waals surface area contributed by atoms with E-state index in [4.69, 9.17) is 0 Å². The highest BCUT2D eigenvalue weighted by molar-refractivity contribution is 5.64. The second-order valence-electron chi connectivity index (χ2n) is 3.73. The Morgan fingerprint density at radius 1 is 1.40 bits per heavy atom. The number of benzene rings is 1. The molecule has 3 nitrogen and oxygen atoms in total. The zero-order chi connectivity index (χ0) is 10.3. The van der Waals surface area contributed by atoms with Gasteiger partial charge in [0.05, 0.1) is 29.8 Å². The number of hydrogen-bond donors (Lipinski definition) is 1. The van der Waals surface area contributed by atoms with Crippen LogP contribution in [-0.2, 0) is 13.0 Å². The Morgan fingerprint density at radius 2 is 2.27 bits per heavy atom. The molecule has 2 aromatic rings. The second kappa shape index (κ2) is 3.12. The normalized spacial score (nSPS) is 12.9. The van der Waals surface area contributed by atoms with E-state index in [1.807, 2.05) is 6.20 Å². The predicted molar refractivity (Wildman–Crippen MR) is 60.3 cm³/mol. The summed E-state index contributed by atoms with van der Waals surface area (Å²) in [5.74, 6) is 1.14. The fourth-order valence-electron chi connectivity index (χ4n) is 2.10. The highest BCUT2D eigenvalue weighted by Gasteiger charge is 2.17. The van der Waals surface area contributed by atoms with Crippen LogP contribution < -0.4 is 5.32 Å². The Morgan fingerprint density at radius 3 is 3.13 bits per heavy atom. The van der Waals surface area contributed by atoms with Gasteiger partial charge in [0.25, 0.3) is 0 Å². The third kappa shape index (κ3) is 1.16. The van der Waals surface area contributed by atoms with Crippen LogP contribution in [0.5, 0.6) is 0 Å². The van der Waals surface area contributed by atoms with Crippen LogP contribution in [0.15, 0.2) is 30.5 Å². The fourth-order valence-corrected chi connectivity index (χ4v) is 2.10. The Balaban J connectivity index is 2.27. The lowest BCUT2D eigenvalue weighted by Crippen LogP contribution is -2.16. The number of rotatable bonds is 1. The van der Waals surface area contributed by atoms with Gasteiger partial charge in [0.2, 0.25) is 0 Å². The Hall–Kier alpha value is -1.77. The van der Waals surface area contributed by atoms with E-state index in [1.54, 1.807) is 0 Å². The van der Waals surface area contributed by atoms with Gasteiger partial charge in [-0.05, 0) is 12.1 Å². The molecule has 1 aliphatic rings. The number of anilines is 1. The summed E-state index contributed by atoms with van der Waals surface area (Å²) in [6.07, 6.45) is 2.93. The van der Waals surface area contributed by atoms with E-state index in [9.17, 15) is 0 Å². The van der Waals surface area contributed by atoms with Crippen LogP contribution in [-0.4, -0.2) is 9.55 Å². The number of fused-ring (bicyclic) bond motifs is 3. The summed E-state index contributed by atoms with van der Waals surface area (Å²) < 4.78 is 2.26. The standard InChI is InChI=1S/C12H13N3/c1-2-12-14-8-9-7-13-10-5-3-4-6-11(10)15(9)12/h3-6,8,13H,2,7H2,1H3. The summed E-state index contributed by atoms with van der Waals surface area (Å²) in [5, 5.41) is 3.40. The first-order valence-corrected chi connectivity index (χ1v) is 5.29. The van der Waals surface area contributed by atoms with Gasteiger partial charge in [-0.1, -0.05) is 19.1 Å². The molecular formula is C12H13N3. The molecule has 0 amide bonds. The Bertz CT molecular complexity index is 486. The summed E-state index contributed by atoms with van der Waals surface area (Å²) in [6.45, 7) is 3.00. The van der Waals surface area contributed by atoms with Gasteiger partial charge in [-0.3, -0.25) is 4.57 Å². The van der Waals surface area contributed by atoms with Crippen molar-refractivity contribution in [3.8, 4) is 5.69 Å². The molecule has 0 bridgehead atoms. The quantitative estimate of drug-likeness (QED) is 0.764. The van der Waals surface area contributed by atoms with Crippen LogP contribution in [0.4, 0.5) is 5.69 Å². The smallest absolute Gasteiger partial charge is 0.113 e. The van der Waals surface area contributed by atoms with E-state index < -0.39 is 0 Å².